The van der Waals surface area contributed by atoms with Crippen molar-refractivity contribution in [2.75, 3.05) is 27.3 Å². The van der Waals surface area contributed by atoms with Crippen molar-refractivity contribution in [2.45, 2.75) is 46.3 Å². The predicted octanol–water partition coefficient (Wildman–Crippen LogP) is 5.72. The Balaban J connectivity index is 1.79. The Hall–Kier alpha value is -4.19. The molecule has 0 fully saturated rings. The van der Waals surface area contributed by atoms with Gasteiger partial charge in [0, 0.05) is 42.0 Å². The van der Waals surface area contributed by atoms with Crippen molar-refractivity contribution < 1.29 is 37.2 Å². The zero-order valence-electron chi connectivity index (χ0n) is 24.3. The number of dihydropyridines is 1. The number of halogens is 3. The molecule has 0 saturated heterocycles. The second-order valence-electron chi connectivity index (χ2n) is 11.1. The highest BCUT2D eigenvalue weighted by molar-refractivity contribution is 5.99. The first-order chi connectivity index (χ1) is 19.5. The molecule has 2 aromatic rings. The summed E-state index contributed by atoms with van der Waals surface area (Å²) in [5.41, 5.74) is 0.697. The van der Waals surface area contributed by atoms with Gasteiger partial charge in [0.25, 0.3) is 5.69 Å². The number of esters is 2. The van der Waals surface area contributed by atoms with Gasteiger partial charge in [-0.15, -0.1) is 0 Å². The van der Waals surface area contributed by atoms with Crippen molar-refractivity contribution in [1.82, 2.24) is 10.2 Å². The number of carbonyl (C=O) groups is 2. The van der Waals surface area contributed by atoms with Crippen molar-refractivity contribution in [3.8, 4) is 0 Å². The number of nitro benzene ring substituents is 1. The molecule has 0 bridgehead atoms. The molecule has 0 saturated carbocycles. The Morgan fingerprint density at radius 2 is 1.62 bits per heavy atom. The van der Waals surface area contributed by atoms with Gasteiger partial charge in [0.1, 0.15) is 0 Å². The minimum absolute atomic E-state index is 0.0160. The van der Waals surface area contributed by atoms with Gasteiger partial charge >= 0.3 is 18.1 Å². The smallest absolute Gasteiger partial charge is 0.416 e. The van der Waals surface area contributed by atoms with Gasteiger partial charge in [-0.25, -0.2) is 9.59 Å². The third-order valence-corrected chi connectivity index (χ3v) is 6.83. The number of carbonyl (C=O) groups excluding carboxylic acids is 2. The summed E-state index contributed by atoms with van der Waals surface area (Å²) in [6, 6.07) is 10.7. The van der Waals surface area contributed by atoms with Gasteiger partial charge in [-0.3, -0.25) is 10.1 Å². The molecule has 1 N–H and O–H groups in total. The largest absolute Gasteiger partial charge is 0.466 e. The van der Waals surface area contributed by atoms with E-state index < -0.39 is 39.9 Å². The fourth-order valence-electron chi connectivity index (χ4n) is 5.08. The van der Waals surface area contributed by atoms with Gasteiger partial charge in [0.05, 0.1) is 41.3 Å². The monoisotopic (exact) mass is 589 g/mol. The van der Waals surface area contributed by atoms with E-state index in [2.05, 4.69) is 5.32 Å². The van der Waals surface area contributed by atoms with Crippen LogP contribution in [-0.4, -0.2) is 49.1 Å². The van der Waals surface area contributed by atoms with Crippen LogP contribution in [0.15, 0.2) is 71.1 Å². The first-order valence-corrected chi connectivity index (χ1v) is 13.1. The molecule has 1 unspecified atom stereocenters. The first kappa shape index (κ1) is 32.3. The lowest BCUT2D eigenvalue weighted by molar-refractivity contribution is -0.384. The molecule has 0 aromatic heterocycles. The number of rotatable bonds is 10. The summed E-state index contributed by atoms with van der Waals surface area (Å²) in [5, 5.41) is 14.5. The lowest BCUT2D eigenvalue weighted by Gasteiger charge is -2.32. The van der Waals surface area contributed by atoms with Crippen LogP contribution in [0.25, 0.3) is 0 Å². The molecular weight excluding hydrogens is 555 g/mol. The molecule has 1 atom stereocenters. The Kier molecular flexibility index (Phi) is 9.82. The van der Waals surface area contributed by atoms with Crippen LogP contribution in [0, 0.1) is 15.5 Å². The van der Waals surface area contributed by atoms with Gasteiger partial charge in [-0.05, 0) is 44.2 Å². The average Bonchev–Trinajstić information content (AvgIpc) is 2.90. The minimum Gasteiger partial charge on any atom is -0.466 e. The van der Waals surface area contributed by atoms with Crippen LogP contribution in [0.2, 0.25) is 0 Å². The summed E-state index contributed by atoms with van der Waals surface area (Å²) < 4.78 is 49.3. The van der Waals surface area contributed by atoms with E-state index in [1.165, 1.54) is 37.4 Å². The van der Waals surface area contributed by atoms with Gasteiger partial charge in [-0.1, -0.05) is 38.1 Å². The third-order valence-electron chi connectivity index (χ3n) is 6.83. The molecule has 42 heavy (non-hydrogen) atoms. The number of benzene rings is 2. The Morgan fingerprint density at radius 3 is 2.17 bits per heavy atom. The molecule has 12 heteroatoms. The summed E-state index contributed by atoms with van der Waals surface area (Å²) in [5.74, 6) is -2.38. The van der Waals surface area contributed by atoms with E-state index in [1.54, 1.807) is 19.9 Å². The number of methoxy groups -OCH3 is 1. The van der Waals surface area contributed by atoms with Gasteiger partial charge in [-0.2, -0.15) is 13.2 Å². The quantitative estimate of drug-likeness (QED) is 0.213. The molecule has 0 radical (unpaired) electrons. The van der Waals surface area contributed by atoms with Gasteiger partial charge in [0.15, 0.2) is 0 Å². The van der Waals surface area contributed by atoms with Crippen molar-refractivity contribution >= 4 is 17.6 Å². The molecule has 0 amide bonds. The van der Waals surface area contributed by atoms with Crippen LogP contribution in [0.3, 0.4) is 0 Å². The summed E-state index contributed by atoms with van der Waals surface area (Å²) in [4.78, 5) is 39.2. The molecule has 1 aliphatic rings. The van der Waals surface area contributed by atoms with E-state index in [9.17, 15) is 32.9 Å². The highest BCUT2D eigenvalue weighted by atomic mass is 19.4. The first-order valence-electron chi connectivity index (χ1n) is 13.1. The molecular formula is C30H34F3N3O6. The number of allylic oxidation sites excluding steroid dienone is 2. The van der Waals surface area contributed by atoms with E-state index in [1.807, 2.05) is 25.8 Å². The predicted molar refractivity (Wildman–Crippen MR) is 149 cm³/mol. The van der Waals surface area contributed by atoms with Crippen LogP contribution in [-0.2, 0) is 31.8 Å². The average molecular weight is 590 g/mol. The Bertz CT molecular complexity index is 1410. The molecule has 1 heterocycles. The summed E-state index contributed by atoms with van der Waals surface area (Å²) in [6.07, 6.45) is -4.40. The normalized spacial score (nSPS) is 15.9. The van der Waals surface area contributed by atoms with Crippen LogP contribution < -0.4 is 5.32 Å². The number of nitrogens with one attached hydrogen (secondary N) is 1. The van der Waals surface area contributed by atoms with Crippen molar-refractivity contribution in [3.63, 3.8) is 0 Å². The highest BCUT2D eigenvalue weighted by Gasteiger charge is 2.39. The standard InChI is InChI=1S/C30H34F3N3O6/c1-18-24(27(37)41-6)26(21-8-7-9-23(14-21)36(39)40)25(19(2)34-18)28(38)42-17-29(3,4)16-35(5)15-20-10-12-22(13-11-20)30(31,32)33/h7-14,26,34H,15-17H2,1-6H3. The zero-order valence-corrected chi connectivity index (χ0v) is 24.3. The molecule has 3 rings (SSSR count). The van der Waals surface area contributed by atoms with Crippen LogP contribution >= 0.6 is 0 Å². The minimum atomic E-state index is -4.40. The molecule has 2 aromatic carbocycles. The maximum Gasteiger partial charge on any atom is 0.416 e. The highest BCUT2D eigenvalue weighted by Crippen LogP contribution is 2.40. The lowest BCUT2D eigenvalue weighted by atomic mass is 9.80. The summed E-state index contributed by atoms with van der Waals surface area (Å²) in [6.45, 7) is 7.87. The fourth-order valence-corrected chi connectivity index (χ4v) is 5.08. The van der Waals surface area contributed by atoms with E-state index in [0.717, 1.165) is 12.1 Å². The molecule has 9 nitrogen and oxygen atoms in total. The molecule has 226 valence electrons. The molecule has 0 spiro atoms. The number of ether oxygens (including phenoxy) is 2. The number of alkyl halides is 3. The third kappa shape index (κ3) is 7.75. The van der Waals surface area contributed by atoms with E-state index in [4.69, 9.17) is 9.47 Å². The van der Waals surface area contributed by atoms with E-state index in [0.29, 0.717) is 35.6 Å². The number of nitrogens with zero attached hydrogens (tertiary/aromatic N) is 2. The fraction of sp³-hybridized carbons (Fsp3) is 0.400. The molecule has 1 aliphatic heterocycles. The Labute approximate surface area is 242 Å². The number of nitro groups is 1. The van der Waals surface area contributed by atoms with Crippen LogP contribution in [0.4, 0.5) is 18.9 Å². The van der Waals surface area contributed by atoms with Crippen molar-refractivity contribution in [3.05, 3.63) is 97.9 Å². The maximum absolute atomic E-state index is 13.6. The topological polar surface area (TPSA) is 111 Å². The summed E-state index contributed by atoms with van der Waals surface area (Å²) >= 11 is 0. The van der Waals surface area contributed by atoms with Gasteiger partial charge < -0.3 is 19.7 Å². The number of hydrogen-bond acceptors (Lipinski definition) is 8. The molecule has 0 aliphatic carbocycles. The van der Waals surface area contributed by atoms with E-state index >= 15 is 0 Å². The summed E-state index contributed by atoms with van der Waals surface area (Å²) in [7, 11) is 3.02. The van der Waals surface area contributed by atoms with Crippen LogP contribution in [0.1, 0.15) is 50.3 Å². The van der Waals surface area contributed by atoms with Crippen molar-refractivity contribution in [2.24, 2.45) is 5.41 Å². The van der Waals surface area contributed by atoms with E-state index in [-0.39, 0.29) is 23.4 Å². The number of non-ortho nitro benzene ring substituents is 1. The SMILES string of the molecule is COC(=O)C1=C(C)NC(C)=C(C(=O)OCC(C)(C)CN(C)Cc2ccc(C(F)(F)F)cc2)C1c1cccc([N+](=O)[O-])c1. The van der Waals surface area contributed by atoms with Crippen molar-refractivity contribution in [1.29, 1.82) is 0 Å². The maximum atomic E-state index is 13.6. The second kappa shape index (κ2) is 12.8. The second-order valence-corrected chi connectivity index (χ2v) is 11.1. The lowest BCUT2D eigenvalue weighted by Crippen LogP contribution is -2.37. The number of hydrogen-bond donors (Lipinski definition) is 1. The Morgan fingerprint density at radius 1 is 1.02 bits per heavy atom. The zero-order chi connectivity index (χ0) is 31.4. The van der Waals surface area contributed by atoms with Gasteiger partial charge in [0.2, 0.25) is 0 Å². The van der Waals surface area contributed by atoms with Crippen LogP contribution in [0.5, 0.6) is 0 Å².